The molecule has 1 atom stereocenters. The van der Waals surface area contributed by atoms with Crippen molar-refractivity contribution in [3.05, 3.63) is 46.5 Å². The van der Waals surface area contributed by atoms with Gasteiger partial charge in [-0.15, -0.1) is 5.10 Å². The first kappa shape index (κ1) is 15.4. The molecule has 0 aliphatic carbocycles. The van der Waals surface area contributed by atoms with Crippen LogP contribution < -0.4 is 19.9 Å². The number of aromatic nitrogens is 2. The predicted molar refractivity (Wildman–Crippen MR) is 89.2 cm³/mol. The third-order valence-corrected chi connectivity index (χ3v) is 4.42. The minimum absolute atomic E-state index is 0.0737. The van der Waals surface area contributed by atoms with Crippen molar-refractivity contribution in [2.45, 2.75) is 32.1 Å². The van der Waals surface area contributed by atoms with Crippen LogP contribution in [0.1, 0.15) is 43.5 Å². The van der Waals surface area contributed by atoms with E-state index in [0.29, 0.717) is 23.0 Å². The molecule has 0 spiro atoms. The van der Waals surface area contributed by atoms with Gasteiger partial charge in [-0.1, -0.05) is 26.8 Å². The van der Waals surface area contributed by atoms with Gasteiger partial charge in [0.25, 0.3) is 0 Å². The number of aromatic amines is 1. The molecule has 4 rings (SSSR count). The number of nitrogens with one attached hydrogen (secondary N) is 1. The first-order valence-electron chi connectivity index (χ1n) is 7.96. The Labute approximate surface area is 145 Å². The van der Waals surface area contributed by atoms with Gasteiger partial charge in [0.1, 0.15) is 11.6 Å². The van der Waals surface area contributed by atoms with Gasteiger partial charge in [0.15, 0.2) is 11.5 Å². The van der Waals surface area contributed by atoms with Crippen LogP contribution in [-0.4, -0.2) is 17.0 Å². The molecule has 3 N–H and O–H groups in total. The van der Waals surface area contributed by atoms with E-state index in [0.717, 1.165) is 16.8 Å². The van der Waals surface area contributed by atoms with Gasteiger partial charge in [-0.05, 0) is 17.7 Å². The molecule has 3 heterocycles. The summed E-state index contributed by atoms with van der Waals surface area (Å²) in [6.45, 7) is 6.42. The largest absolute Gasteiger partial charge is 0.454 e. The van der Waals surface area contributed by atoms with Crippen LogP contribution in [0.5, 0.6) is 17.4 Å². The number of nitriles is 1. The molecule has 2 aromatic rings. The Morgan fingerprint density at radius 2 is 2.04 bits per heavy atom. The Bertz CT molecular complexity index is 931. The molecular formula is C18H18N4O3. The summed E-state index contributed by atoms with van der Waals surface area (Å²) in [7, 11) is 0. The molecule has 0 amide bonds. The van der Waals surface area contributed by atoms with E-state index in [1.165, 1.54) is 0 Å². The van der Waals surface area contributed by atoms with Crippen molar-refractivity contribution in [2.75, 3.05) is 6.79 Å². The number of nitrogens with two attached hydrogens (primary N) is 1. The van der Waals surface area contributed by atoms with Crippen molar-refractivity contribution in [3.63, 3.8) is 0 Å². The summed E-state index contributed by atoms with van der Waals surface area (Å²) in [4.78, 5) is 0. The first-order valence-corrected chi connectivity index (χ1v) is 7.96. The van der Waals surface area contributed by atoms with Crippen molar-refractivity contribution in [1.82, 2.24) is 10.2 Å². The van der Waals surface area contributed by atoms with Crippen molar-refractivity contribution >= 4 is 0 Å². The summed E-state index contributed by atoms with van der Waals surface area (Å²) in [5, 5.41) is 17.0. The standard InChI is InChI=1S/C18H18N4O3/c1-18(2,3)15-14-13(9-4-5-11-12(6-9)24-8-23-11)10(7-19)16(20)25-17(14)22-21-15/h4-6,13H,8,20H2,1-3H3,(H,21,22)/t13-/m1/s1. The second-order valence-electron chi connectivity index (χ2n) is 7.10. The van der Waals surface area contributed by atoms with Crippen molar-refractivity contribution < 1.29 is 14.2 Å². The van der Waals surface area contributed by atoms with Crippen LogP contribution in [0.15, 0.2) is 29.7 Å². The molecule has 7 nitrogen and oxygen atoms in total. The van der Waals surface area contributed by atoms with E-state index in [4.69, 9.17) is 19.9 Å². The van der Waals surface area contributed by atoms with E-state index in [9.17, 15) is 5.26 Å². The number of nitrogens with zero attached hydrogens (tertiary/aromatic N) is 2. The third kappa shape index (κ3) is 2.30. The van der Waals surface area contributed by atoms with Crippen molar-refractivity contribution in [3.8, 4) is 23.4 Å². The highest BCUT2D eigenvalue weighted by molar-refractivity contribution is 5.58. The number of allylic oxidation sites excluding steroid dienone is 1. The lowest BCUT2D eigenvalue weighted by Gasteiger charge is -2.27. The van der Waals surface area contributed by atoms with Gasteiger partial charge in [0.05, 0.1) is 11.5 Å². The molecule has 1 aromatic heterocycles. The topological polar surface area (TPSA) is 106 Å². The van der Waals surface area contributed by atoms with Crippen molar-refractivity contribution in [2.24, 2.45) is 5.73 Å². The average Bonchev–Trinajstić information content (AvgIpc) is 3.18. The lowest BCUT2D eigenvalue weighted by Crippen LogP contribution is -2.23. The number of fused-ring (bicyclic) bond motifs is 2. The molecule has 1 aromatic carbocycles. The van der Waals surface area contributed by atoms with Crippen LogP contribution in [0.4, 0.5) is 0 Å². The summed E-state index contributed by atoms with van der Waals surface area (Å²) in [5.41, 5.74) is 8.76. The fraction of sp³-hybridized carbons (Fsp3) is 0.333. The molecule has 0 unspecified atom stereocenters. The number of hydrogen-bond acceptors (Lipinski definition) is 6. The molecule has 25 heavy (non-hydrogen) atoms. The van der Waals surface area contributed by atoms with Crippen LogP contribution in [0.2, 0.25) is 0 Å². The second kappa shape index (κ2) is 5.18. The maximum Gasteiger partial charge on any atom is 0.244 e. The molecule has 0 radical (unpaired) electrons. The lowest BCUT2D eigenvalue weighted by atomic mass is 9.79. The van der Waals surface area contributed by atoms with E-state index in [1.807, 2.05) is 18.2 Å². The monoisotopic (exact) mass is 338 g/mol. The average molecular weight is 338 g/mol. The third-order valence-electron chi connectivity index (χ3n) is 4.42. The zero-order valence-corrected chi connectivity index (χ0v) is 14.2. The number of benzene rings is 1. The highest BCUT2D eigenvalue weighted by Gasteiger charge is 2.38. The Balaban J connectivity index is 1.94. The van der Waals surface area contributed by atoms with Gasteiger partial charge in [-0.3, -0.25) is 5.10 Å². The number of ether oxygens (including phenoxy) is 3. The van der Waals surface area contributed by atoms with Gasteiger partial charge in [-0.25, -0.2) is 0 Å². The summed E-state index contributed by atoms with van der Waals surface area (Å²) >= 11 is 0. The highest BCUT2D eigenvalue weighted by Crippen LogP contribution is 2.47. The Hall–Kier alpha value is -3.14. The molecule has 2 aliphatic heterocycles. The quantitative estimate of drug-likeness (QED) is 0.828. The minimum atomic E-state index is -0.378. The highest BCUT2D eigenvalue weighted by atomic mass is 16.7. The first-order chi connectivity index (χ1) is 11.9. The molecule has 7 heteroatoms. The van der Waals surface area contributed by atoms with E-state index in [-0.39, 0.29) is 24.0 Å². The van der Waals surface area contributed by atoms with E-state index in [2.05, 4.69) is 37.0 Å². The van der Waals surface area contributed by atoms with E-state index >= 15 is 0 Å². The van der Waals surface area contributed by atoms with Gasteiger partial charge in [-0.2, -0.15) is 5.26 Å². The summed E-state index contributed by atoms with van der Waals surface area (Å²) in [6, 6.07) is 7.83. The molecule has 0 fully saturated rings. The molecule has 0 bridgehead atoms. The fourth-order valence-corrected chi connectivity index (χ4v) is 3.24. The summed E-state index contributed by atoms with van der Waals surface area (Å²) in [6.07, 6.45) is 0. The van der Waals surface area contributed by atoms with Crippen LogP contribution in [0.25, 0.3) is 0 Å². The Morgan fingerprint density at radius 1 is 1.28 bits per heavy atom. The molecule has 0 saturated carbocycles. The van der Waals surface area contributed by atoms with Gasteiger partial charge in [0, 0.05) is 11.1 Å². The number of hydrogen-bond donors (Lipinski definition) is 2. The van der Waals surface area contributed by atoms with Crippen LogP contribution >= 0.6 is 0 Å². The predicted octanol–water partition coefficient (Wildman–Crippen LogP) is 2.65. The SMILES string of the molecule is CC(C)(C)c1[nH]nc2c1[C@H](c1ccc3c(c1)OCO3)C(C#N)=C(N)O2. The van der Waals surface area contributed by atoms with Crippen LogP contribution in [-0.2, 0) is 5.41 Å². The van der Waals surface area contributed by atoms with Gasteiger partial charge < -0.3 is 19.9 Å². The Morgan fingerprint density at radius 3 is 2.76 bits per heavy atom. The van der Waals surface area contributed by atoms with Gasteiger partial charge >= 0.3 is 0 Å². The Kier molecular flexibility index (Phi) is 3.19. The van der Waals surface area contributed by atoms with E-state index in [1.54, 1.807) is 0 Å². The van der Waals surface area contributed by atoms with Crippen LogP contribution in [0.3, 0.4) is 0 Å². The minimum Gasteiger partial charge on any atom is -0.454 e. The van der Waals surface area contributed by atoms with Gasteiger partial charge in [0.2, 0.25) is 18.6 Å². The zero-order valence-electron chi connectivity index (χ0n) is 14.2. The maximum absolute atomic E-state index is 9.69. The molecular weight excluding hydrogens is 320 g/mol. The normalized spacial score (nSPS) is 18.6. The van der Waals surface area contributed by atoms with Crippen LogP contribution in [0, 0.1) is 11.3 Å². The summed E-state index contributed by atoms with van der Waals surface area (Å²) in [5.74, 6) is 1.45. The smallest absolute Gasteiger partial charge is 0.244 e. The second-order valence-corrected chi connectivity index (χ2v) is 7.10. The number of rotatable bonds is 1. The lowest BCUT2D eigenvalue weighted by molar-refractivity contribution is 0.174. The molecule has 2 aliphatic rings. The zero-order chi connectivity index (χ0) is 17.8. The number of H-pyrrole nitrogens is 1. The molecule has 0 saturated heterocycles. The maximum atomic E-state index is 9.69. The molecule has 128 valence electrons. The van der Waals surface area contributed by atoms with Crippen molar-refractivity contribution in [1.29, 1.82) is 5.26 Å². The fourth-order valence-electron chi connectivity index (χ4n) is 3.24. The summed E-state index contributed by atoms with van der Waals surface area (Å²) < 4.78 is 16.5. The van der Waals surface area contributed by atoms with E-state index < -0.39 is 0 Å².